The van der Waals surface area contributed by atoms with E-state index in [2.05, 4.69) is 20.0 Å². The number of nitro groups is 2. The summed E-state index contributed by atoms with van der Waals surface area (Å²) < 4.78 is 0. The Balaban J connectivity index is 1.29. The first-order valence-corrected chi connectivity index (χ1v) is 11.1. The van der Waals surface area contributed by atoms with Gasteiger partial charge in [0.15, 0.2) is 0 Å². The molecule has 0 bridgehead atoms. The van der Waals surface area contributed by atoms with E-state index in [1.54, 1.807) is 36.7 Å². The number of aromatic nitrogens is 2. The molecule has 10 heteroatoms. The quantitative estimate of drug-likeness (QED) is 0.157. The van der Waals surface area contributed by atoms with Crippen LogP contribution in [0.1, 0.15) is 11.1 Å². The molecular weight excluding hydrogens is 472 g/mol. The standard InChI is InChI=1S/C27H18N6O4/c34-32(35)23-10-1-18(2-11-23)16-28-21-7-5-20(6-8-21)27-30-25-14-9-22(15-26(25)31-27)29-17-19-3-12-24(13-4-19)33(36)37/h1-17H,(H,30,31). The number of non-ortho nitro benzene ring substituents is 2. The van der Waals surface area contributed by atoms with Crippen molar-refractivity contribution < 1.29 is 9.85 Å². The lowest BCUT2D eigenvalue weighted by atomic mass is 10.2. The summed E-state index contributed by atoms with van der Waals surface area (Å²) in [6, 6.07) is 25.5. The van der Waals surface area contributed by atoms with Gasteiger partial charge in [-0.1, -0.05) is 0 Å². The highest BCUT2D eigenvalue weighted by atomic mass is 16.6. The van der Waals surface area contributed by atoms with Crippen molar-refractivity contribution in [3.63, 3.8) is 0 Å². The molecule has 0 amide bonds. The van der Waals surface area contributed by atoms with Gasteiger partial charge in [-0.05, 0) is 77.9 Å². The van der Waals surface area contributed by atoms with Crippen LogP contribution in [-0.2, 0) is 0 Å². The minimum atomic E-state index is -0.437. The van der Waals surface area contributed by atoms with E-state index in [4.69, 9.17) is 0 Å². The molecule has 5 rings (SSSR count). The van der Waals surface area contributed by atoms with E-state index in [1.165, 1.54) is 24.3 Å². The number of rotatable bonds is 7. The maximum atomic E-state index is 10.8. The average Bonchev–Trinajstić information content (AvgIpc) is 3.35. The molecule has 0 aliphatic carbocycles. The van der Waals surface area contributed by atoms with E-state index in [9.17, 15) is 20.2 Å². The van der Waals surface area contributed by atoms with Crippen molar-refractivity contribution in [2.24, 2.45) is 9.98 Å². The molecule has 5 aromatic rings. The van der Waals surface area contributed by atoms with E-state index >= 15 is 0 Å². The van der Waals surface area contributed by atoms with Crippen molar-refractivity contribution in [3.8, 4) is 11.4 Å². The summed E-state index contributed by atoms with van der Waals surface area (Å²) in [6.45, 7) is 0. The van der Waals surface area contributed by atoms with Gasteiger partial charge in [0, 0.05) is 42.3 Å². The minimum Gasteiger partial charge on any atom is -0.338 e. The number of nitro benzene ring substituents is 2. The fraction of sp³-hybridized carbons (Fsp3) is 0. The molecule has 37 heavy (non-hydrogen) atoms. The Labute approximate surface area is 210 Å². The van der Waals surface area contributed by atoms with Crippen molar-refractivity contribution in [1.82, 2.24) is 9.97 Å². The fourth-order valence-electron chi connectivity index (χ4n) is 3.58. The molecule has 0 aliphatic heterocycles. The Hall–Kier alpha value is -5.51. The average molecular weight is 490 g/mol. The van der Waals surface area contributed by atoms with Crippen LogP contribution in [0.25, 0.3) is 22.4 Å². The van der Waals surface area contributed by atoms with Crippen LogP contribution in [0.4, 0.5) is 22.7 Å². The van der Waals surface area contributed by atoms with E-state index in [0.29, 0.717) is 5.82 Å². The van der Waals surface area contributed by atoms with Crippen molar-refractivity contribution in [2.45, 2.75) is 0 Å². The van der Waals surface area contributed by atoms with Gasteiger partial charge in [-0.25, -0.2) is 4.98 Å². The second-order valence-corrected chi connectivity index (χ2v) is 8.05. The maximum Gasteiger partial charge on any atom is 0.269 e. The topological polar surface area (TPSA) is 140 Å². The number of aromatic amines is 1. The number of nitrogens with one attached hydrogen (secondary N) is 1. The Bertz CT molecular complexity index is 1650. The first-order valence-electron chi connectivity index (χ1n) is 11.1. The number of imidazole rings is 1. The Kier molecular flexibility index (Phi) is 6.28. The Morgan fingerprint density at radius 2 is 1.19 bits per heavy atom. The summed E-state index contributed by atoms with van der Waals surface area (Å²) in [6.07, 6.45) is 3.30. The van der Waals surface area contributed by atoms with Crippen molar-refractivity contribution in [1.29, 1.82) is 0 Å². The summed E-state index contributed by atoms with van der Waals surface area (Å²) in [5.41, 5.74) is 5.56. The van der Waals surface area contributed by atoms with Gasteiger partial charge in [0.1, 0.15) is 5.82 Å². The highest BCUT2D eigenvalue weighted by Gasteiger charge is 2.07. The normalized spacial score (nSPS) is 11.5. The number of hydrogen-bond acceptors (Lipinski definition) is 7. The molecule has 0 spiro atoms. The van der Waals surface area contributed by atoms with Gasteiger partial charge in [0.2, 0.25) is 0 Å². The Morgan fingerprint density at radius 3 is 1.73 bits per heavy atom. The van der Waals surface area contributed by atoms with Crippen molar-refractivity contribution in [3.05, 3.63) is 122 Å². The molecule has 0 fully saturated rings. The first-order chi connectivity index (χ1) is 17.9. The zero-order valence-electron chi connectivity index (χ0n) is 19.2. The van der Waals surface area contributed by atoms with Crippen LogP contribution in [-0.4, -0.2) is 32.2 Å². The van der Waals surface area contributed by atoms with Gasteiger partial charge in [-0.2, -0.15) is 0 Å². The summed E-state index contributed by atoms with van der Waals surface area (Å²) >= 11 is 0. The van der Waals surface area contributed by atoms with Crippen LogP contribution in [0.15, 0.2) is 101 Å². The van der Waals surface area contributed by atoms with Crippen LogP contribution in [0.2, 0.25) is 0 Å². The third-order valence-electron chi connectivity index (χ3n) is 5.54. The number of aliphatic imine (C=N–C) groups is 2. The van der Waals surface area contributed by atoms with Crippen LogP contribution in [0, 0.1) is 20.2 Å². The molecule has 0 aliphatic rings. The number of hydrogen-bond donors (Lipinski definition) is 1. The molecule has 1 heterocycles. The molecule has 10 nitrogen and oxygen atoms in total. The van der Waals surface area contributed by atoms with Gasteiger partial charge in [0.05, 0.1) is 32.3 Å². The van der Waals surface area contributed by atoms with E-state index in [1.807, 2.05) is 42.5 Å². The molecule has 1 aromatic heterocycles. The van der Waals surface area contributed by atoms with Crippen LogP contribution in [0.5, 0.6) is 0 Å². The Morgan fingerprint density at radius 1 is 0.676 bits per heavy atom. The molecule has 0 atom stereocenters. The third-order valence-corrected chi connectivity index (χ3v) is 5.54. The predicted molar refractivity (Wildman–Crippen MR) is 142 cm³/mol. The summed E-state index contributed by atoms with van der Waals surface area (Å²) in [7, 11) is 0. The highest BCUT2D eigenvalue weighted by molar-refractivity contribution is 5.86. The van der Waals surface area contributed by atoms with Crippen LogP contribution in [0.3, 0.4) is 0 Å². The molecule has 0 unspecified atom stereocenters. The van der Waals surface area contributed by atoms with Gasteiger partial charge in [-0.3, -0.25) is 30.2 Å². The second-order valence-electron chi connectivity index (χ2n) is 8.05. The molecule has 180 valence electrons. The molecule has 0 saturated carbocycles. The number of benzene rings is 4. The summed E-state index contributed by atoms with van der Waals surface area (Å²) in [5, 5.41) is 21.6. The lowest BCUT2D eigenvalue weighted by Crippen LogP contribution is -1.88. The van der Waals surface area contributed by atoms with Gasteiger partial charge >= 0.3 is 0 Å². The van der Waals surface area contributed by atoms with E-state index < -0.39 is 9.85 Å². The molecule has 1 N–H and O–H groups in total. The minimum absolute atomic E-state index is 0.0351. The lowest BCUT2D eigenvalue weighted by molar-refractivity contribution is -0.385. The van der Waals surface area contributed by atoms with Gasteiger partial charge in [0.25, 0.3) is 11.4 Å². The van der Waals surface area contributed by atoms with Crippen LogP contribution < -0.4 is 0 Å². The summed E-state index contributed by atoms with van der Waals surface area (Å²) in [4.78, 5) is 37.5. The molecule has 0 radical (unpaired) electrons. The first kappa shape index (κ1) is 23.2. The highest BCUT2D eigenvalue weighted by Crippen LogP contribution is 2.26. The fourth-order valence-corrected chi connectivity index (χ4v) is 3.58. The largest absolute Gasteiger partial charge is 0.338 e. The predicted octanol–water partition coefficient (Wildman–Crippen LogP) is 6.55. The maximum absolute atomic E-state index is 10.8. The lowest BCUT2D eigenvalue weighted by Gasteiger charge is -1.98. The SMILES string of the molecule is O=[N+]([O-])c1ccc(C=Nc2ccc(-c3nc4ccc(N=Cc5ccc([N+](=O)[O-])cc5)cc4[nH]3)cc2)cc1. The second kappa shape index (κ2) is 10.0. The third kappa shape index (κ3) is 5.43. The van der Waals surface area contributed by atoms with E-state index in [-0.39, 0.29) is 11.4 Å². The zero-order chi connectivity index (χ0) is 25.8. The molecule has 4 aromatic carbocycles. The number of nitrogens with zero attached hydrogens (tertiary/aromatic N) is 5. The molecular formula is C27H18N6O4. The summed E-state index contributed by atoms with van der Waals surface area (Å²) in [5.74, 6) is 0.706. The monoisotopic (exact) mass is 490 g/mol. The number of H-pyrrole nitrogens is 1. The molecule has 0 saturated heterocycles. The van der Waals surface area contributed by atoms with Crippen molar-refractivity contribution in [2.75, 3.05) is 0 Å². The van der Waals surface area contributed by atoms with Gasteiger partial charge in [-0.15, -0.1) is 0 Å². The smallest absolute Gasteiger partial charge is 0.269 e. The van der Waals surface area contributed by atoms with Crippen LogP contribution >= 0.6 is 0 Å². The van der Waals surface area contributed by atoms with Gasteiger partial charge < -0.3 is 4.98 Å². The zero-order valence-corrected chi connectivity index (χ0v) is 19.2. The van der Waals surface area contributed by atoms with Crippen molar-refractivity contribution >= 4 is 46.2 Å². The number of fused-ring (bicyclic) bond motifs is 1. The van der Waals surface area contributed by atoms with E-state index in [0.717, 1.165) is 39.1 Å².